The monoisotopic (exact) mass is 477 g/mol. The van der Waals surface area contributed by atoms with Crippen molar-refractivity contribution in [1.29, 1.82) is 0 Å². The van der Waals surface area contributed by atoms with Gasteiger partial charge in [-0.3, -0.25) is 14.4 Å². The number of benzene rings is 1. The Hall–Kier alpha value is -2.26. The molecule has 2 heterocycles. The van der Waals surface area contributed by atoms with Crippen molar-refractivity contribution in [2.24, 2.45) is 5.92 Å². The average Bonchev–Trinajstić information content (AvgIpc) is 3.35. The zero-order valence-corrected chi connectivity index (χ0v) is 18.2. The molecule has 1 aromatic carbocycles. The fraction of sp³-hybridized carbons (Fsp3) is 0.400. The summed E-state index contributed by atoms with van der Waals surface area (Å²) in [5.74, 6) is -1.36. The first-order valence-corrected chi connectivity index (χ1v) is 11.1. The van der Waals surface area contributed by atoms with Crippen LogP contribution in [-0.2, 0) is 25.5 Å². The Bertz CT molecular complexity index is 976. The largest absolute Gasteiger partial charge is 0.465 e. The third-order valence-electron chi connectivity index (χ3n) is 5.13. The fourth-order valence-corrected chi connectivity index (χ4v) is 5.17. The lowest BCUT2D eigenvalue weighted by molar-refractivity contribution is -0.145. The van der Waals surface area contributed by atoms with Crippen molar-refractivity contribution in [1.82, 2.24) is 4.98 Å². The van der Waals surface area contributed by atoms with Crippen LogP contribution in [0.1, 0.15) is 36.3 Å². The molecule has 0 saturated carbocycles. The highest BCUT2D eigenvalue weighted by molar-refractivity contribution is 9.10. The minimum atomic E-state index is -0.443. The van der Waals surface area contributed by atoms with E-state index >= 15 is 0 Å². The number of thiazole rings is 1. The Balaban J connectivity index is 1.42. The second-order valence-corrected chi connectivity index (χ2v) is 9.04. The van der Waals surface area contributed by atoms with E-state index in [1.165, 1.54) is 11.3 Å². The minimum Gasteiger partial charge on any atom is -0.465 e. The predicted octanol–water partition coefficient (Wildman–Crippen LogP) is 3.49. The molecule has 0 spiro atoms. The van der Waals surface area contributed by atoms with Gasteiger partial charge in [0.25, 0.3) is 0 Å². The highest BCUT2D eigenvalue weighted by Gasteiger charge is 2.37. The molecule has 152 valence electrons. The van der Waals surface area contributed by atoms with Crippen molar-refractivity contribution in [3.8, 4) is 0 Å². The van der Waals surface area contributed by atoms with Gasteiger partial charge in [-0.15, -0.1) is 11.3 Å². The standard InChI is InChI=1S/C20H20BrN3O4S/c1-2-28-19(27)14-6-7-15-17(14)22-20(29-15)23-18(26)11-8-16(25)24(10-11)13-5-3-4-12(21)9-13/h3-5,9,11,14H,2,6-8,10H2,1H3,(H,22,23,26)/t11-,14+/m1/s1. The van der Waals surface area contributed by atoms with Gasteiger partial charge >= 0.3 is 5.97 Å². The number of nitrogens with zero attached hydrogens (tertiary/aromatic N) is 2. The summed E-state index contributed by atoms with van der Waals surface area (Å²) in [6, 6.07) is 7.46. The molecule has 4 rings (SSSR count). The van der Waals surface area contributed by atoms with Crippen LogP contribution >= 0.6 is 27.3 Å². The molecule has 1 N–H and O–H groups in total. The number of carbonyl (C=O) groups is 3. The average molecular weight is 478 g/mol. The third-order valence-corrected chi connectivity index (χ3v) is 6.67. The summed E-state index contributed by atoms with van der Waals surface area (Å²) in [5.41, 5.74) is 1.48. The zero-order chi connectivity index (χ0) is 20.5. The zero-order valence-electron chi connectivity index (χ0n) is 15.8. The van der Waals surface area contributed by atoms with E-state index in [0.717, 1.165) is 21.5 Å². The number of rotatable bonds is 5. The van der Waals surface area contributed by atoms with E-state index in [2.05, 4.69) is 26.2 Å². The summed E-state index contributed by atoms with van der Waals surface area (Å²) >= 11 is 4.80. The maximum Gasteiger partial charge on any atom is 0.315 e. The van der Waals surface area contributed by atoms with E-state index in [0.29, 0.717) is 30.4 Å². The van der Waals surface area contributed by atoms with Crippen molar-refractivity contribution in [3.05, 3.63) is 39.3 Å². The van der Waals surface area contributed by atoms with Gasteiger partial charge in [0.05, 0.1) is 18.2 Å². The van der Waals surface area contributed by atoms with Gasteiger partial charge in [-0.05, 0) is 38.0 Å². The van der Waals surface area contributed by atoms with Crippen molar-refractivity contribution in [2.75, 3.05) is 23.4 Å². The van der Waals surface area contributed by atoms with E-state index in [1.54, 1.807) is 11.8 Å². The van der Waals surface area contributed by atoms with Crippen LogP contribution in [0.3, 0.4) is 0 Å². The highest BCUT2D eigenvalue weighted by Crippen LogP contribution is 2.39. The van der Waals surface area contributed by atoms with Crippen LogP contribution in [-0.4, -0.2) is 35.9 Å². The maximum absolute atomic E-state index is 12.7. The van der Waals surface area contributed by atoms with E-state index in [-0.39, 0.29) is 30.1 Å². The number of amides is 2. The number of esters is 1. The molecule has 2 atom stereocenters. The summed E-state index contributed by atoms with van der Waals surface area (Å²) in [6.45, 7) is 2.45. The summed E-state index contributed by atoms with van der Waals surface area (Å²) in [7, 11) is 0. The van der Waals surface area contributed by atoms with Crippen LogP contribution in [0.25, 0.3) is 0 Å². The lowest BCUT2D eigenvalue weighted by Gasteiger charge is -2.16. The molecule has 1 fully saturated rings. The molecule has 0 bridgehead atoms. The first-order chi connectivity index (χ1) is 14.0. The Morgan fingerprint density at radius 1 is 1.41 bits per heavy atom. The number of anilines is 2. The Kier molecular flexibility index (Phi) is 5.69. The predicted molar refractivity (Wildman–Crippen MR) is 113 cm³/mol. The number of fused-ring (bicyclic) bond motifs is 1. The lowest BCUT2D eigenvalue weighted by Crippen LogP contribution is -2.28. The van der Waals surface area contributed by atoms with E-state index < -0.39 is 5.92 Å². The molecule has 2 aliphatic rings. The smallest absolute Gasteiger partial charge is 0.315 e. The van der Waals surface area contributed by atoms with Gasteiger partial charge in [-0.1, -0.05) is 22.0 Å². The van der Waals surface area contributed by atoms with Gasteiger partial charge in [0, 0.05) is 28.0 Å². The summed E-state index contributed by atoms with van der Waals surface area (Å²) < 4.78 is 6.00. The number of carbonyl (C=O) groups excluding carboxylic acids is 3. The molecule has 1 aromatic heterocycles. The van der Waals surface area contributed by atoms with Crippen molar-refractivity contribution < 1.29 is 19.1 Å². The molecule has 1 aliphatic carbocycles. The molecule has 7 nitrogen and oxygen atoms in total. The first-order valence-electron chi connectivity index (χ1n) is 9.49. The topological polar surface area (TPSA) is 88.6 Å². The van der Waals surface area contributed by atoms with Crippen LogP contribution in [0.15, 0.2) is 28.7 Å². The molecule has 29 heavy (non-hydrogen) atoms. The van der Waals surface area contributed by atoms with Crippen molar-refractivity contribution >= 4 is 55.9 Å². The van der Waals surface area contributed by atoms with E-state index in [4.69, 9.17) is 4.74 Å². The van der Waals surface area contributed by atoms with Crippen molar-refractivity contribution in [3.63, 3.8) is 0 Å². The van der Waals surface area contributed by atoms with E-state index in [1.807, 2.05) is 24.3 Å². The molecule has 0 radical (unpaired) electrons. The molecule has 1 aliphatic heterocycles. The Labute approximate surface area is 180 Å². The van der Waals surface area contributed by atoms with Crippen LogP contribution in [0.4, 0.5) is 10.8 Å². The Morgan fingerprint density at radius 2 is 2.24 bits per heavy atom. The summed E-state index contributed by atoms with van der Waals surface area (Å²) in [6.07, 6.45) is 1.61. The number of nitrogens with one attached hydrogen (secondary N) is 1. The van der Waals surface area contributed by atoms with Crippen LogP contribution in [0, 0.1) is 5.92 Å². The number of halogens is 1. The van der Waals surface area contributed by atoms with Gasteiger partial charge < -0.3 is 15.0 Å². The Morgan fingerprint density at radius 3 is 3.00 bits per heavy atom. The molecule has 9 heteroatoms. The molecular weight excluding hydrogens is 458 g/mol. The van der Waals surface area contributed by atoms with Gasteiger partial charge in [0.1, 0.15) is 5.92 Å². The second-order valence-electron chi connectivity index (χ2n) is 7.05. The first kappa shape index (κ1) is 20.0. The molecule has 2 aromatic rings. The SMILES string of the molecule is CCOC(=O)[C@H]1CCc2sc(NC(=O)[C@@H]3CC(=O)N(c4cccc(Br)c4)C3)nc21. The highest BCUT2D eigenvalue weighted by atomic mass is 79.9. The number of hydrogen-bond donors (Lipinski definition) is 1. The van der Waals surface area contributed by atoms with Crippen molar-refractivity contribution in [2.45, 2.75) is 32.1 Å². The molecule has 1 saturated heterocycles. The lowest BCUT2D eigenvalue weighted by atomic mass is 10.1. The van der Waals surface area contributed by atoms with Crippen LogP contribution in [0.5, 0.6) is 0 Å². The number of aryl methyl sites for hydroxylation is 1. The van der Waals surface area contributed by atoms with Gasteiger partial charge in [0.15, 0.2) is 5.13 Å². The van der Waals surface area contributed by atoms with Gasteiger partial charge in [-0.25, -0.2) is 4.98 Å². The number of hydrogen-bond acceptors (Lipinski definition) is 6. The maximum atomic E-state index is 12.7. The fourth-order valence-electron chi connectivity index (χ4n) is 3.74. The summed E-state index contributed by atoms with van der Waals surface area (Å²) in [5, 5.41) is 3.31. The minimum absolute atomic E-state index is 0.0766. The third kappa shape index (κ3) is 4.06. The molecular formula is C20H20BrN3O4S. The number of ether oxygens (including phenoxy) is 1. The summed E-state index contributed by atoms with van der Waals surface area (Å²) in [4.78, 5) is 44.3. The van der Waals surface area contributed by atoms with Gasteiger partial charge in [-0.2, -0.15) is 0 Å². The van der Waals surface area contributed by atoms with Gasteiger partial charge in [0.2, 0.25) is 11.8 Å². The molecule has 0 unspecified atom stereocenters. The van der Waals surface area contributed by atoms with Crippen LogP contribution in [0.2, 0.25) is 0 Å². The number of aromatic nitrogens is 1. The normalized spacial score (nSPS) is 20.6. The quantitative estimate of drug-likeness (QED) is 0.665. The van der Waals surface area contributed by atoms with E-state index in [9.17, 15) is 14.4 Å². The van der Waals surface area contributed by atoms with Crippen LogP contribution < -0.4 is 10.2 Å². The second kappa shape index (κ2) is 8.23. The molecule has 2 amide bonds.